The van der Waals surface area contributed by atoms with Gasteiger partial charge in [-0.1, -0.05) is 22.0 Å². The van der Waals surface area contributed by atoms with Crippen molar-refractivity contribution in [2.24, 2.45) is 0 Å². The molecule has 3 heteroatoms. The third-order valence-electron chi connectivity index (χ3n) is 3.24. The highest BCUT2D eigenvalue weighted by atomic mass is 79.9. The Kier molecular flexibility index (Phi) is 3.55. The van der Waals surface area contributed by atoms with E-state index in [1.54, 1.807) is 0 Å². The third kappa shape index (κ3) is 2.41. The number of aryl methyl sites for hydroxylation is 1. The number of hydrogen-bond acceptors (Lipinski definition) is 2. The van der Waals surface area contributed by atoms with Crippen LogP contribution in [0.2, 0.25) is 0 Å². The SMILES string of the molecule is Cc1ccc(Br)cc1N1CC(C)NCC1C. The number of nitrogens with zero attached hydrogens (tertiary/aromatic N) is 1. The minimum absolute atomic E-state index is 0.559. The van der Waals surface area contributed by atoms with Gasteiger partial charge in [-0.3, -0.25) is 0 Å². The molecule has 1 aromatic rings. The molecule has 1 aliphatic rings. The highest BCUT2D eigenvalue weighted by Gasteiger charge is 2.23. The maximum Gasteiger partial charge on any atom is 0.0410 e. The fourth-order valence-electron chi connectivity index (χ4n) is 2.25. The van der Waals surface area contributed by atoms with Crippen molar-refractivity contribution >= 4 is 21.6 Å². The lowest BCUT2D eigenvalue weighted by molar-refractivity contribution is 0.424. The van der Waals surface area contributed by atoms with Crippen molar-refractivity contribution in [1.82, 2.24) is 5.32 Å². The smallest absolute Gasteiger partial charge is 0.0410 e. The molecule has 2 unspecified atom stereocenters. The molecule has 1 aromatic carbocycles. The highest BCUT2D eigenvalue weighted by molar-refractivity contribution is 9.10. The Hall–Kier alpha value is -0.540. The summed E-state index contributed by atoms with van der Waals surface area (Å²) in [5.41, 5.74) is 2.71. The summed E-state index contributed by atoms with van der Waals surface area (Å²) in [6.45, 7) is 8.85. The average molecular weight is 283 g/mol. The zero-order valence-corrected chi connectivity index (χ0v) is 11.7. The zero-order valence-electron chi connectivity index (χ0n) is 10.1. The Morgan fingerprint density at radius 3 is 2.88 bits per heavy atom. The van der Waals surface area contributed by atoms with E-state index in [0.29, 0.717) is 12.1 Å². The topological polar surface area (TPSA) is 15.3 Å². The average Bonchev–Trinajstić information content (AvgIpc) is 2.25. The van der Waals surface area contributed by atoms with Gasteiger partial charge in [-0.2, -0.15) is 0 Å². The van der Waals surface area contributed by atoms with E-state index in [1.807, 2.05) is 0 Å². The van der Waals surface area contributed by atoms with Crippen molar-refractivity contribution in [1.29, 1.82) is 0 Å². The first-order valence-electron chi connectivity index (χ1n) is 5.84. The summed E-state index contributed by atoms with van der Waals surface area (Å²) < 4.78 is 1.16. The van der Waals surface area contributed by atoms with Gasteiger partial charge in [0.25, 0.3) is 0 Å². The molecule has 1 heterocycles. The number of hydrogen-bond donors (Lipinski definition) is 1. The van der Waals surface area contributed by atoms with Gasteiger partial charge in [0.1, 0.15) is 0 Å². The van der Waals surface area contributed by atoms with Crippen LogP contribution < -0.4 is 10.2 Å². The number of anilines is 1. The lowest BCUT2D eigenvalue weighted by atomic mass is 10.1. The largest absolute Gasteiger partial charge is 0.366 e. The molecule has 0 spiro atoms. The van der Waals surface area contributed by atoms with Gasteiger partial charge in [-0.05, 0) is 38.5 Å². The molecule has 0 radical (unpaired) electrons. The van der Waals surface area contributed by atoms with Crippen LogP contribution in [0.4, 0.5) is 5.69 Å². The van der Waals surface area contributed by atoms with Crippen LogP contribution in [0.1, 0.15) is 19.4 Å². The van der Waals surface area contributed by atoms with Gasteiger partial charge < -0.3 is 10.2 Å². The second-order valence-electron chi connectivity index (χ2n) is 4.74. The molecule has 1 fully saturated rings. The molecule has 0 aliphatic carbocycles. The molecule has 2 nitrogen and oxygen atoms in total. The Morgan fingerprint density at radius 2 is 2.12 bits per heavy atom. The maximum absolute atomic E-state index is 3.56. The van der Waals surface area contributed by atoms with Gasteiger partial charge in [0.15, 0.2) is 0 Å². The van der Waals surface area contributed by atoms with E-state index in [9.17, 15) is 0 Å². The van der Waals surface area contributed by atoms with Crippen LogP contribution in [0.15, 0.2) is 22.7 Å². The molecule has 1 N–H and O–H groups in total. The van der Waals surface area contributed by atoms with Crippen LogP contribution in [0.3, 0.4) is 0 Å². The first-order valence-corrected chi connectivity index (χ1v) is 6.63. The van der Waals surface area contributed by atoms with E-state index in [2.05, 4.69) is 65.1 Å². The van der Waals surface area contributed by atoms with E-state index >= 15 is 0 Å². The molecule has 0 saturated carbocycles. The Bertz CT molecular complexity index is 378. The lowest BCUT2D eigenvalue weighted by Gasteiger charge is -2.40. The summed E-state index contributed by atoms with van der Waals surface area (Å²) in [6, 6.07) is 7.64. The lowest BCUT2D eigenvalue weighted by Crippen LogP contribution is -2.54. The third-order valence-corrected chi connectivity index (χ3v) is 3.74. The Labute approximate surface area is 106 Å². The molecule has 1 aliphatic heterocycles. The van der Waals surface area contributed by atoms with Crippen LogP contribution in [-0.2, 0) is 0 Å². The summed E-state index contributed by atoms with van der Waals surface area (Å²) in [4.78, 5) is 2.50. The molecule has 0 bridgehead atoms. The number of piperazine rings is 1. The van der Waals surface area contributed by atoms with Crippen LogP contribution in [-0.4, -0.2) is 25.2 Å². The van der Waals surface area contributed by atoms with Crippen molar-refractivity contribution < 1.29 is 0 Å². The zero-order chi connectivity index (χ0) is 11.7. The van der Waals surface area contributed by atoms with E-state index in [-0.39, 0.29) is 0 Å². The predicted molar refractivity (Wildman–Crippen MR) is 73.2 cm³/mol. The van der Waals surface area contributed by atoms with Crippen molar-refractivity contribution in [2.75, 3.05) is 18.0 Å². The monoisotopic (exact) mass is 282 g/mol. The molecule has 1 saturated heterocycles. The van der Waals surface area contributed by atoms with E-state index < -0.39 is 0 Å². The quantitative estimate of drug-likeness (QED) is 0.852. The van der Waals surface area contributed by atoms with Gasteiger partial charge in [-0.15, -0.1) is 0 Å². The molecule has 2 rings (SSSR count). The van der Waals surface area contributed by atoms with Crippen molar-refractivity contribution in [2.45, 2.75) is 32.9 Å². The molecule has 2 atom stereocenters. The Balaban J connectivity index is 2.30. The fourth-order valence-corrected chi connectivity index (χ4v) is 2.60. The van der Waals surface area contributed by atoms with Gasteiger partial charge in [0.05, 0.1) is 0 Å². The minimum Gasteiger partial charge on any atom is -0.366 e. The number of rotatable bonds is 1. The number of nitrogens with one attached hydrogen (secondary N) is 1. The van der Waals surface area contributed by atoms with Gasteiger partial charge >= 0.3 is 0 Å². The maximum atomic E-state index is 3.56. The van der Waals surface area contributed by atoms with E-state index in [1.165, 1.54) is 11.3 Å². The van der Waals surface area contributed by atoms with Crippen LogP contribution in [0.25, 0.3) is 0 Å². The van der Waals surface area contributed by atoms with Gasteiger partial charge in [0.2, 0.25) is 0 Å². The summed E-state index contributed by atoms with van der Waals surface area (Å²) in [5, 5.41) is 3.51. The number of halogens is 1. The second-order valence-corrected chi connectivity index (χ2v) is 5.66. The standard InChI is InChI=1S/C13H19BrN2/c1-9-4-5-12(14)6-13(9)16-8-10(2)15-7-11(16)3/h4-6,10-11,15H,7-8H2,1-3H3. The molecule has 0 amide bonds. The fraction of sp³-hybridized carbons (Fsp3) is 0.538. The molecular weight excluding hydrogens is 264 g/mol. The van der Waals surface area contributed by atoms with Crippen molar-refractivity contribution in [3.63, 3.8) is 0 Å². The van der Waals surface area contributed by atoms with Gasteiger partial charge in [0, 0.05) is 35.3 Å². The summed E-state index contributed by atoms with van der Waals surface area (Å²) in [7, 11) is 0. The van der Waals surface area contributed by atoms with Crippen molar-refractivity contribution in [3.05, 3.63) is 28.2 Å². The van der Waals surface area contributed by atoms with E-state index in [4.69, 9.17) is 0 Å². The summed E-state index contributed by atoms with van der Waals surface area (Å²) in [6.07, 6.45) is 0. The molecule has 0 aromatic heterocycles. The normalized spacial score (nSPS) is 25.9. The van der Waals surface area contributed by atoms with Crippen LogP contribution in [0, 0.1) is 6.92 Å². The first kappa shape index (κ1) is 11.9. The second kappa shape index (κ2) is 4.76. The first-order chi connectivity index (χ1) is 7.58. The molecule has 88 valence electrons. The van der Waals surface area contributed by atoms with E-state index in [0.717, 1.165) is 17.6 Å². The van der Waals surface area contributed by atoms with Crippen molar-refractivity contribution in [3.8, 4) is 0 Å². The van der Waals surface area contributed by atoms with Crippen LogP contribution >= 0.6 is 15.9 Å². The van der Waals surface area contributed by atoms with Crippen LogP contribution in [0.5, 0.6) is 0 Å². The van der Waals surface area contributed by atoms with Gasteiger partial charge in [-0.25, -0.2) is 0 Å². The summed E-state index contributed by atoms with van der Waals surface area (Å²) >= 11 is 3.56. The Morgan fingerprint density at radius 1 is 1.38 bits per heavy atom. The number of benzene rings is 1. The summed E-state index contributed by atoms with van der Waals surface area (Å²) in [5.74, 6) is 0. The predicted octanol–water partition coefficient (Wildman–Crippen LogP) is 2.94. The minimum atomic E-state index is 0.559. The highest BCUT2D eigenvalue weighted by Crippen LogP contribution is 2.27. The molecule has 16 heavy (non-hydrogen) atoms. The molecular formula is C13H19BrN2.